The van der Waals surface area contributed by atoms with Gasteiger partial charge < -0.3 is 9.30 Å². The zero-order valence-electron chi connectivity index (χ0n) is 9.19. The van der Waals surface area contributed by atoms with E-state index in [-0.39, 0.29) is 11.7 Å². The van der Waals surface area contributed by atoms with Gasteiger partial charge in [0, 0.05) is 13.5 Å². The highest BCUT2D eigenvalue weighted by atomic mass is 32.2. The molecule has 6 heteroatoms. The summed E-state index contributed by atoms with van der Waals surface area (Å²) in [7, 11) is 1.90. The van der Waals surface area contributed by atoms with Crippen LogP contribution in [-0.2, 0) is 23.0 Å². The first-order chi connectivity index (χ1) is 7.19. The molecule has 1 rings (SSSR count). The van der Waals surface area contributed by atoms with E-state index in [9.17, 15) is 4.79 Å². The summed E-state index contributed by atoms with van der Waals surface area (Å²) in [4.78, 5) is 11.1. The summed E-state index contributed by atoms with van der Waals surface area (Å²) in [5, 5.41) is 8.73. The van der Waals surface area contributed by atoms with E-state index in [4.69, 9.17) is 4.74 Å². The highest BCUT2D eigenvalue weighted by Gasteiger charge is 2.10. The average Bonchev–Trinajstić information content (AvgIpc) is 2.57. The molecule has 0 bridgehead atoms. The summed E-state index contributed by atoms with van der Waals surface area (Å²) in [6.45, 7) is 4.22. The Morgan fingerprint density at radius 3 is 2.73 bits per heavy atom. The molecule has 1 heterocycles. The molecular formula is C9H15N3O2S. The number of hydrogen-bond donors (Lipinski definition) is 0. The van der Waals surface area contributed by atoms with Crippen molar-refractivity contribution in [3.05, 3.63) is 5.82 Å². The van der Waals surface area contributed by atoms with E-state index >= 15 is 0 Å². The van der Waals surface area contributed by atoms with Crippen molar-refractivity contribution in [2.75, 3.05) is 12.4 Å². The number of nitrogens with zero attached hydrogens (tertiary/aromatic N) is 3. The number of carbonyl (C=O) groups excluding carboxylic acids is 1. The van der Waals surface area contributed by atoms with Gasteiger partial charge in [-0.2, -0.15) is 0 Å². The highest BCUT2D eigenvalue weighted by molar-refractivity contribution is 7.99. The SMILES string of the molecule is CCOC(=O)CSc1nnc(CC)n1C. The molecule has 0 spiro atoms. The van der Waals surface area contributed by atoms with Gasteiger partial charge >= 0.3 is 5.97 Å². The Balaban J connectivity index is 2.50. The van der Waals surface area contributed by atoms with Gasteiger partial charge in [0.1, 0.15) is 5.82 Å². The number of hydrogen-bond acceptors (Lipinski definition) is 5. The maximum absolute atomic E-state index is 11.1. The van der Waals surface area contributed by atoms with Crippen molar-refractivity contribution in [2.45, 2.75) is 25.4 Å². The van der Waals surface area contributed by atoms with Crippen molar-refractivity contribution in [3.63, 3.8) is 0 Å². The van der Waals surface area contributed by atoms with E-state index in [1.165, 1.54) is 11.8 Å². The summed E-state index contributed by atoms with van der Waals surface area (Å²) in [6, 6.07) is 0. The van der Waals surface area contributed by atoms with E-state index in [1.54, 1.807) is 6.92 Å². The molecule has 0 amide bonds. The Morgan fingerprint density at radius 1 is 1.47 bits per heavy atom. The zero-order chi connectivity index (χ0) is 11.3. The van der Waals surface area contributed by atoms with Crippen LogP contribution in [0.2, 0.25) is 0 Å². The fraction of sp³-hybridized carbons (Fsp3) is 0.667. The fourth-order valence-electron chi connectivity index (χ4n) is 1.10. The van der Waals surface area contributed by atoms with Crippen molar-refractivity contribution in [2.24, 2.45) is 7.05 Å². The first kappa shape index (κ1) is 12.0. The summed E-state index contributed by atoms with van der Waals surface area (Å²) in [5.41, 5.74) is 0. The molecule has 0 radical (unpaired) electrons. The molecule has 0 saturated heterocycles. The lowest BCUT2D eigenvalue weighted by Crippen LogP contribution is -2.07. The summed E-state index contributed by atoms with van der Waals surface area (Å²) >= 11 is 1.35. The van der Waals surface area contributed by atoms with Crippen LogP contribution in [0.5, 0.6) is 0 Å². The number of aryl methyl sites for hydroxylation is 1. The lowest BCUT2D eigenvalue weighted by Gasteiger charge is -2.02. The zero-order valence-corrected chi connectivity index (χ0v) is 10.0. The van der Waals surface area contributed by atoms with E-state index < -0.39 is 0 Å². The van der Waals surface area contributed by atoms with Crippen LogP contribution in [0.1, 0.15) is 19.7 Å². The molecular weight excluding hydrogens is 214 g/mol. The molecule has 0 N–H and O–H groups in total. The minimum atomic E-state index is -0.219. The van der Waals surface area contributed by atoms with Gasteiger partial charge in [-0.25, -0.2) is 0 Å². The molecule has 0 atom stereocenters. The predicted octanol–water partition coefficient (Wildman–Crippen LogP) is 1.03. The lowest BCUT2D eigenvalue weighted by atomic mass is 10.5. The van der Waals surface area contributed by atoms with Crippen LogP contribution in [0.4, 0.5) is 0 Å². The van der Waals surface area contributed by atoms with E-state index in [1.807, 2.05) is 18.5 Å². The molecule has 0 unspecified atom stereocenters. The quantitative estimate of drug-likeness (QED) is 0.557. The molecule has 0 aliphatic heterocycles. The third-order valence-electron chi connectivity index (χ3n) is 1.87. The topological polar surface area (TPSA) is 57.0 Å². The van der Waals surface area contributed by atoms with Crippen molar-refractivity contribution in [1.82, 2.24) is 14.8 Å². The Morgan fingerprint density at radius 2 is 2.20 bits per heavy atom. The van der Waals surface area contributed by atoms with Crippen LogP contribution in [0, 0.1) is 0 Å². The molecule has 0 aromatic carbocycles. The summed E-state index contributed by atoms with van der Waals surface area (Å²) in [5.74, 6) is 0.980. The maximum atomic E-state index is 11.1. The van der Waals surface area contributed by atoms with Crippen LogP contribution in [-0.4, -0.2) is 33.1 Å². The van der Waals surface area contributed by atoms with Gasteiger partial charge in [0.25, 0.3) is 0 Å². The van der Waals surface area contributed by atoms with Gasteiger partial charge in [-0.05, 0) is 6.92 Å². The van der Waals surface area contributed by atoms with Gasteiger partial charge in [0.05, 0.1) is 12.4 Å². The largest absolute Gasteiger partial charge is 0.465 e. The molecule has 0 fully saturated rings. The minimum Gasteiger partial charge on any atom is -0.465 e. The minimum absolute atomic E-state index is 0.219. The van der Waals surface area contributed by atoms with Crippen LogP contribution >= 0.6 is 11.8 Å². The molecule has 84 valence electrons. The second-order valence-electron chi connectivity index (χ2n) is 2.91. The Hall–Kier alpha value is -1.04. The fourth-order valence-corrected chi connectivity index (χ4v) is 1.83. The molecule has 0 aliphatic carbocycles. The molecule has 0 saturated carbocycles. The van der Waals surface area contributed by atoms with Gasteiger partial charge in [-0.15, -0.1) is 10.2 Å². The summed E-state index contributed by atoms with van der Waals surface area (Å²) < 4.78 is 6.71. The number of thioether (sulfide) groups is 1. The Kier molecular flexibility index (Phi) is 4.61. The van der Waals surface area contributed by atoms with Crippen molar-refractivity contribution in [1.29, 1.82) is 0 Å². The average molecular weight is 229 g/mol. The number of ether oxygens (including phenoxy) is 1. The van der Waals surface area contributed by atoms with Crippen molar-refractivity contribution in [3.8, 4) is 0 Å². The normalized spacial score (nSPS) is 10.3. The predicted molar refractivity (Wildman–Crippen MR) is 57.7 cm³/mol. The van der Waals surface area contributed by atoms with Gasteiger partial charge in [-0.3, -0.25) is 4.79 Å². The van der Waals surface area contributed by atoms with Gasteiger partial charge in [0.2, 0.25) is 0 Å². The molecule has 5 nitrogen and oxygen atoms in total. The maximum Gasteiger partial charge on any atom is 0.316 e. The molecule has 15 heavy (non-hydrogen) atoms. The van der Waals surface area contributed by atoms with Crippen LogP contribution < -0.4 is 0 Å². The number of carbonyl (C=O) groups is 1. The van der Waals surface area contributed by atoms with Crippen LogP contribution in [0.15, 0.2) is 5.16 Å². The first-order valence-electron chi connectivity index (χ1n) is 4.85. The number of esters is 1. The van der Waals surface area contributed by atoms with Crippen LogP contribution in [0.3, 0.4) is 0 Å². The molecule has 0 aliphatic rings. The second kappa shape index (κ2) is 5.75. The first-order valence-corrected chi connectivity index (χ1v) is 5.84. The standard InChI is InChI=1S/C9H15N3O2S/c1-4-7-10-11-9(12(7)3)15-6-8(13)14-5-2/h4-6H2,1-3H3. The molecule has 1 aromatic heterocycles. The number of rotatable bonds is 5. The monoisotopic (exact) mass is 229 g/mol. The van der Waals surface area contributed by atoms with E-state index in [0.29, 0.717) is 6.61 Å². The summed E-state index contributed by atoms with van der Waals surface area (Å²) in [6.07, 6.45) is 0.837. The van der Waals surface area contributed by atoms with Crippen LogP contribution in [0.25, 0.3) is 0 Å². The Labute approximate surface area is 93.2 Å². The van der Waals surface area contributed by atoms with Gasteiger partial charge in [0.15, 0.2) is 5.16 Å². The third-order valence-corrected chi connectivity index (χ3v) is 2.86. The Bertz CT molecular complexity index is 338. The molecule has 1 aromatic rings. The van der Waals surface area contributed by atoms with Gasteiger partial charge in [-0.1, -0.05) is 18.7 Å². The van der Waals surface area contributed by atoms with Crippen molar-refractivity contribution < 1.29 is 9.53 Å². The van der Waals surface area contributed by atoms with E-state index in [2.05, 4.69) is 10.2 Å². The lowest BCUT2D eigenvalue weighted by molar-refractivity contribution is -0.139. The third kappa shape index (κ3) is 3.23. The van der Waals surface area contributed by atoms with Crippen molar-refractivity contribution >= 4 is 17.7 Å². The van der Waals surface area contributed by atoms with E-state index in [0.717, 1.165) is 17.4 Å². The second-order valence-corrected chi connectivity index (χ2v) is 3.85. The smallest absolute Gasteiger partial charge is 0.316 e. The highest BCUT2D eigenvalue weighted by Crippen LogP contribution is 2.15. The number of aromatic nitrogens is 3.